The van der Waals surface area contributed by atoms with Crippen molar-refractivity contribution >= 4 is 21.6 Å². The Kier molecular flexibility index (Phi) is 5.26. The third kappa shape index (κ3) is 3.76. The Labute approximate surface area is 131 Å². The van der Waals surface area contributed by atoms with Crippen LogP contribution in [0.2, 0.25) is 5.02 Å². The van der Waals surface area contributed by atoms with E-state index in [9.17, 15) is 8.42 Å². The lowest BCUT2D eigenvalue weighted by atomic mass is 10.1. The van der Waals surface area contributed by atoms with Gasteiger partial charge in [0.2, 0.25) is 10.0 Å². The van der Waals surface area contributed by atoms with Gasteiger partial charge in [0.15, 0.2) is 0 Å². The number of hydrogen-bond acceptors (Lipinski definition) is 3. The Morgan fingerprint density at radius 3 is 2.86 bits per heavy atom. The molecule has 114 valence electrons. The summed E-state index contributed by atoms with van der Waals surface area (Å²) in [6.45, 7) is 2.04. The summed E-state index contributed by atoms with van der Waals surface area (Å²) in [6, 6.07) is 6.96. The number of benzene rings is 1. The van der Waals surface area contributed by atoms with E-state index in [-0.39, 0.29) is 21.9 Å². The Bertz CT molecular complexity index is 652. The Morgan fingerprint density at radius 2 is 2.19 bits per heavy atom. The highest BCUT2D eigenvalue weighted by molar-refractivity contribution is 7.89. The average molecular weight is 327 g/mol. The molecule has 2 unspecified atom stereocenters. The second kappa shape index (κ2) is 6.78. The number of aryl methyl sites for hydroxylation is 1. The number of sulfonamides is 1. The molecule has 0 radical (unpaired) electrons. The highest BCUT2D eigenvalue weighted by atomic mass is 35.5. The maximum absolute atomic E-state index is 12.5. The molecule has 0 amide bonds. The van der Waals surface area contributed by atoms with E-state index in [1.165, 1.54) is 0 Å². The van der Waals surface area contributed by atoms with Gasteiger partial charge in [-0.1, -0.05) is 37.4 Å². The van der Waals surface area contributed by atoms with Crippen LogP contribution in [0.5, 0.6) is 0 Å². The lowest BCUT2D eigenvalue weighted by Gasteiger charge is -2.17. The normalized spacial score (nSPS) is 22.1. The van der Waals surface area contributed by atoms with Crippen molar-refractivity contribution in [2.24, 2.45) is 5.92 Å². The summed E-state index contributed by atoms with van der Waals surface area (Å²) >= 11 is 6.05. The number of nitriles is 1. The molecule has 1 aromatic rings. The first-order valence-corrected chi connectivity index (χ1v) is 9.04. The van der Waals surface area contributed by atoms with E-state index < -0.39 is 10.0 Å². The Balaban J connectivity index is 2.27. The molecule has 1 aromatic carbocycles. The molecule has 1 N–H and O–H groups in total. The van der Waals surface area contributed by atoms with E-state index in [1.54, 1.807) is 12.1 Å². The standard InChI is InChI=1S/C15H19ClN2O2S/c1-2-4-11-7-8-13(16)15(9-11)21(19,20)18-14-6-3-5-12(14)10-17/h7-9,12,14,18H,2-6H2,1H3. The summed E-state index contributed by atoms with van der Waals surface area (Å²) < 4.78 is 27.7. The lowest BCUT2D eigenvalue weighted by molar-refractivity contribution is 0.515. The summed E-state index contributed by atoms with van der Waals surface area (Å²) in [7, 11) is -3.69. The fourth-order valence-corrected chi connectivity index (χ4v) is 4.58. The highest BCUT2D eigenvalue weighted by Crippen LogP contribution is 2.28. The maximum atomic E-state index is 12.5. The minimum absolute atomic E-state index is 0.110. The molecule has 2 atom stereocenters. The van der Waals surface area contributed by atoms with Crippen LogP contribution in [0, 0.1) is 17.2 Å². The molecule has 0 saturated heterocycles. The number of hydrogen-bond donors (Lipinski definition) is 1. The summed E-state index contributed by atoms with van der Waals surface area (Å²) in [6.07, 6.45) is 4.06. The zero-order valence-electron chi connectivity index (χ0n) is 12.0. The third-order valence-electron chi connectivity index (χ3n) is 3.81. The number of nitrogens with one attached hydrogen (secondary N) is 1. The fraction of sp³-hybridized carbons (Fsp3) is 0.533. The Morgan fingerprint density at radius 1 is 1.43 bits per heavy atom. The molecule has 21 heavy (non-hydrogen) atoms. The molecule has 4 nitrogen and oxygen atoms in total. The van der Waals surface area contributed by atoms with Crippen LogP contribution in [0.25, 0.3) is 0 Å². The molecule has 0 heterocycles. The molecule has 0 spiro atoms. The summed E-state index contributed by atoms with van der Waals surface area (Å²) in [5.74, 6) is -0.252. The summed E-state index contributed by atoms with van der Waals surface area (Å²) in [5.41, 5.74) is 0.950. The predicted molar refractivity (Wildman–Crippen MR) is 82.5 cm³/mol. The maximum Gasteiger partial charge on any atom is 0.242 e. The van der Waals surface area contributed by atoms with Crippen molar-refractivity contribution in [3.63, 3.8) is 0 Å². The fourth-order valence-electron chi connectivity index (χ4n) is 2.72. The quantitative estimate of drug-likeness (QED) is 0.902. The van der Waals surface area contributed by atoms with Crippen LogP contribution in [0.1, 0.15) is 38.2 Å². The molecular weight excluding hydrogens is 308 g/mol. The van der Waals surface area contributed by atoms with Gasteiger partial charge in [-0.2, -0.15) is 5.26 Å². The molecule has 1 saturated carbocycles. The van der Waals surface area contributed by atoms with Gasteiger partial charge in [0, 0.05) is 6.04 Å². The zero-order valence-corrected chi connectivity index (χ0v) is 13.5. The molecule has 1 aliphatic carbocycles. The van der Waals surface area contributed by atoms with Gasteiger partial charge in [0.05, 0.1) is 17.0 Å². The van der Waals surface area contributed by atoms with Crippen molar-refractivity contribution in [1.29, 1.82) is 5.26 Å². The van der Waals surface area contributed by atoms with Gasteiger partial charge in [-0.15, -0.1) is 0 Å². The van der Waals surface area contributed by atoms with Crippen molar-refractivity contribution in [1.82, 2.24) is 4.72 Å². The smallest absolute Gasteiger partial charge is 0.207 e. The van der Waals surface area contributed by atoms with Crippen LogP contribution < -0.4 is 4.72 Å². The monoisotopic (exact) mass is 326 g/mol. The zero-order chi connectivity index (χ0) is 15.5. The first-order valence-electron chi connectivity index (χ1n) is 7.18. The number of rotatable bonds is 5. The van der Waals surface area contributed by atoms with Crippen molar-refractivity contribution < 1.29 is 8.42 Å². The first kappa shape index (κ1) is 16.3. The largest absolute Gasteiger partial charge is 0.242 e. The van der Waals surface area contributed by atoms with Crippen LogP contribution in [-0.2, 0) is 16.4 Å². The van der Waals surface area contributed by atoms with Crippen molar-refractivity contribution in [2.45, 2.75) is 50.0 Å². The number of halogens is 1. The number of nitrogens with zero attached hydrogens (tertiary/aromatic N) is 1. The average Bonchev–Trinajstić information content (AvgIpc) is 2.87. The highest BCUT2D eigenvalue weighted by Gasteiger charge is 2.32. The Hall–Kier alpha value is -1.09. The van der Waals surface area contributed by atoms with Gasteiger partial charge < -0.3 is 0 Å². The minimum Gasteiger partial charge on any atom is -0.207 e. The van der Waals surface area contributed by atoms with E-state index in [1.807, 2.05) is 13.0 Å². The topological polar surface area (TPSA) is 70.0 Å². The van der Waals surface area contributed by atoms with E-state index in [0.717, 1.165) is 31.2 Å². The van der Waals surface area contributed by atoms with Crippen LogP contribution in [0.3, 0.4) is 0 Å². The van der Waals surface area contributed by atoms with Crippen molar-refractivity contribution in [3.8, 4) is 6.07 Å². The van der Waals surface area contributed by atoms with Crippen LogP contribution in [-0.4, -0.2) is 14.5 Å². The molecular formula is C15H19ClN2O2S. The first-order chi connectivity index (χ1) is 9.97. The van der Waals surface area contributed by atoms with Gasteiger partial charge in [-0.05, 0) is 37.0 Å². The third-order valence-corrected chi connectivity index (χ3v) is 5.78. The molecule has 0 aliphatic heterocycles. The van der Waals surface area contributed by atoms with Gasteiger partial charge >= 0.3 is 0 Å². The lowest BCUT2D eigenvalue weighted by Crippen LogP contribution is -2.37. The molecule has 0 aromatic heterocycles. The summed E-state index contributed by atoms with van der Waals surface area (Å²) in [4.78, 5) is 0.110. The van der Waals surface area contributed by atoms with Gasteiger partial charge in [-0.3, -0.25) is 0 Å². The van der Waals surface area contributed by atoms with E-state index >= 15 is 0 Å². The molecule has 6 heteroatoms. The molecule has 1 aliphatic rings. The van der Waals surface area contributed by atoms with E-state index in [0.29, 0.717) is 6.42 Å². The molecule has 0 bridgehead atoms. The summed E-state index contributed by atoms with van der Waals surface area (Å²) in [5, 5.41) is 9.28. The SMILES string of the molecule is CCCc1ccc(Cl)c(S(=O)(=O)NC2CCCC2C#N)c1. The van der Waals surface area contributed by atoms with Gasteiger partial charge in [0.25, 0.3) is 0 Å². The minimum atomic E-state index is -3.69. The van der Waals surface area contributed by atoms with Gasteiger partial charge in [0.1, 0.15) is 4.90 Å². The van der Waals surface area contributed by atoms with Crippen molar-refractivity contribution in [2.75, 3.05) is 0 Å². The second-order valence-electron chi connectivity index (χ2n) is 5.41. The van der Waals surface area contributed by atoms with Gasteiger partial charge in [-0.25, -0.2) is 13.1 Å². The van der Waals surface area contributed by atoms with E-state index in [4.69, 9.17) is 16.9 Å². The van der Waals surface area contributed by atoms with Crippen LogP contribution >= 0.6 is 11.6 Å². The predicted octanol–water partition coefficient (Wildman–Crippen LogP) is 3.26. The van der Waals surface area contributed by atoms with Crippen LogP contribution in [0.15, 0.2) is 23.1 Å². The second-order valence-corrected chi connectivity index (χ2v) is 7.50. The molecule has 2 rings (SSSR count). The van der Waals surface area contributed by atoms with E-state index in [2.05, 4.69) is 10.8 Å². The van der Waals surface area contributed by atoms with Crippen LogP contribution in [0.4, 0.5) is 0 Å². The van der Waals surface area contributed by atoms with Crippen molar-refractivity contribution in [3.05, 3.63) is 28.8 Å². The molecule has 1 fully saturated rings.